The quantitative estimate of drug-likeness (QED) is 0.540. The highest BCUT2D eigenvalue weighted by Crippen LogP contribution is 2.18. The molecule has 1 saturated heterocycles. The molecule has 188 valence electrons. The van der Waals surface area contributed by atoms with E-state index in [2.05, 4.69) is 5.32 Å². The summed E-state index contributed by atoms with van der Waals surface area (Å²) in [7, 11) is 3.11. The standard InChI is InChI=1S/C26H33N3O5S/c1-33-20-8-6-7-19(17-20)18-24(30)28-12-14-29(15-13-28)26(32)22(11-16-35-3)27-25(31)21-9-4-5-10-23(21)34-2/h4-10,17,22H,11-16,18H2,1-3H3,(H,27,31). The van der Waals surface area contributed by atoms with Crippen LogP contribution in [0.1, 0.15) is 22.3 Å². The van der Waals surface area contributed by atoms with E-state index in [4.69, 9.17) is 9.47 Å². The van der Waals surface area contributed by atoms with Crippen LogP contribution in [-0.4, -0.2) is 86.0 Å². The van der Waals surface area contributed by atoms with Crippen molar-refractivity contribution in [1.82, 2.24) is 15.1 Å². The zero-order chi connectivity index (χ0) is 25.2. The maximum absolute atomic E-state index is 13.3. The number of methoxy groups -OCH3 is 2. The maximum Gasteiger partial charge on any atom is 0.255 e. The first-order valence-corrected chi connectivity index (χ1v) is 13.0. The molecule has 9 heteroatoms. The molecule has 0 aliphatic carbocycles. The Bertz CT molecular complexity index is 1020. The SMILES string of the molecule is COc1cccc(CC(=O)N2CCN(C(=O)C(CCSC)NC(=O)c3ccccc3OC)CC2)c1. The van der Waals surface area contributed by atoms with Crippen LogP contribution in [0.2, 0.25) is 0 Å². The van der Waals surface area contributed by atoms with E-state index in [9.17, 15) is 14.4 Å². The molecule has 1 atom stereocenters. The molecule has 0 saturated carbocycles. The topological polar surface area (TPSA) is 88.2 Å². The van der Waals surface area contributed by atoms with Crippen molar-refractivity contribution in [2.45, 2.75) is 18.9 Å². The number of amides is 3. The fourth-order valence-electron chi connectivity index (χ4n) is 4.03. The van der Waals surface area contributed by atoms with Crippen LogP contribution >= 0.6 is 11.8 Å². The third kappa shape index (κ3) is 7.14. The van der Waals surface area contributed by atoms with Crippen molar-refractivity contribution >= 4 is 29.5 Å². The van der Waals surface area contributed by atoms with Crippen molar-refractivity contribution in [2.75, 3.05) is 52.4 Å². The van der Waals surface area contributed by atoms with Crippen LogP contribution in [0.15, 0.2) is 48.5 Å². The molecule has 2 aromatic rings. The fourth-order valence-corrected chi connectivity index (χ4v) is 4.50. The molecule has 35 heavy (non-hydrogen) atoms. The second-order valence-corrected chi connectivity index (χ2v) is 9.23. The number of benzene rings is 2. The average Bonchev–Trinajstić information content (AvgIpc) is 2.90. The van der Waals surface area contributed by atoms with Gasteiger partial charge >= 0.3 is 0 Å². The Morgan fingerprint density at radius 3 is 2.37 bits per heavy atom. The van der Waals surface area contributed by atoms with Crippen molar-refractivity contribution in [1.29, 1.82) is 0 Å². The van der Waals surface area contributed by atoms with Crippen molar-refractivity contribution < 1.29 is 23.9 Å². The van der Waals surface area contributed by atoms with Crippen LogP contribution in [0.5, 0.6) is 11.5 Å². The van der Waals surface area contributed by atoms with Crippen molar-refractivity contribution in [3.63, 3.8) is 0 Å². The van der Waals surface area contributed by atoms with Gasteiger partial charge in [-0.25, -0.2) is 0 Å². The highest BCUT2D eigenvalue weighted by Gasteiger charge is 2.30. The summed E-state index contributed by atoms with van der Waals surface area (Å²) in [5.41, 5.74) is 1.29. The minimum Gasteiger partial charge on any atom is -0.497 e. The van der Waals surface area contributed by atoms with Crippen LogP contribution < -0.4 is 14.8 Å². The second-order valence-electron chi connectivity index (χ2n) is 8.24. The van der Waals surface area contributed by atoms with E-state index in [1.807, 2.05) is 30.5 Å². The number of nitrogens with one attached hydrogen (secondary N) is 1. The number of rotatable bonds is 10. The van der Waals surface area contributed by atoms with Gasteiger partial charge in [0.25, 0.3) is 5.91 Å². The van der Waals surface area contributed by atoms with Gasteiger partial charge in [-0.1, -0.05) is 24.3 Å². The van der Waals surface area contributed by atoms with Crippen molar-refractivity contribution in [2.24, 2.45) is 0 Å². The van der Waals surface area contributed by atoms with Gasteiger partial charge in [-0.3, -0.25) is 14.4 Å². The van der Waals surface area contributed by atoms with Crippen molar-refractivity contribution in [3.05, 3.63) is 59.7 Å². The maximum atomic E-state index is 13.3. The largest absolute Gasteiger partial charge is 0.497 e. The lowest BCUT2D eigenvalue weighted by Gasteiger charge is -2.36. The molecule has 0 bridgehead atoms. The van der Waals surface area contributed by atoms with E-state index in [-0.39, 0.29) is 24.1 Å². The summed E-state index contributed by atoms with van der Waals surface area (Å²) in [6.07, 6.45) is 2.78. The van der Waals surface area contributed by atoms with Crippen LogP contribution in [0.25, 0.3) is 0 Å². The van der Waals surface area contributed by atoms with E-state index in [0.717, 1.165) is 17.1 Å². The molecule has 2 aromatic carbocycles. The smallest absolute Gasteiger partial charge is 0.255 e. The Hall–Kier alpha value is -3.20. The van der Waals surface area contributed by atoms with Crippen LogP contribution in [-0.2, 0) is 16.0 Å². The average molecular weight is 500 g/mol. The zero-order valence-electron chi connectivity index (χ0n) is 20.5. The van der Waals surface area contributed by atoms with Gasteiger partial charge < -0.3 is 24.6 Å². The first kappa shape index (κ1) is 26.4. The van der Waals surface area contributed by atoms with Crippen molar-refractivity contribution in [3.8, 4) is 11.5 Å². The molecule has 1 unspecified atom stereocenters. The number of thioether (sulfide) groups is 1. The van der Waals surface area contributed by atoms with E-state index in [1.54, 1.807) is 52.9 Å². The lowest BCUT2D eigenvalue weighted by molar-refractivity contribution is -0.140. The normalized spacial score (nSPS) is 14.3. The van der Waals surface area contributed by atoms with E-state index in [1.165, 1.54) is 7.11 Å². The molecule has 1 aliphatic rings. The highest BCUT2D eigenvalue weighted by molar-refractivity contribution is 7.98. The Kier molecular flexibility index (Phi) is 9.84. The number of carbonyl (C=O) groups excluding carboxylic acids is 3. The lowest BCUT2D eigenvalue weighted by atomic mass is 10.1. The number of hydrogen-bond donors (Lipinski definition) is 1. The Balaban J connectivity index is 1.59. The molecule has 3 amide bonds. The van der Waals surface area contributed by atoms with Gasteiger partial charge in [0.15, 0.2) is 0 Å². The van der Waals surface area contributed by atoms with E-state index in [0.29, 0.717) is 43.9 Å². The van der Waals surface area contributed by atoms with Gasteiger partial charge in [-0.15, -0.1) is 0 Å². The third-order valence-electron chi connectivity index (χ3n) is 6.00. The molecule has 0 aromatic heterocycles. The first-order chi connectivity index (χ1) is 17.0. The molecular formula is C26H33N3O5S. The number of para-hydroxylation sites is 1. The summed E-state index contributed by atoms with van der Waals surface area (Å²) < 4.78 is 10.5. The summed E-state index contributed by atoms with van der Waals surface area (Å²) >= 11 is 1.62. The number of carbonyl (C=O) groups is 3. The molecule has 8 nitrogen and oxygen atoms in total. The predicted octanol–water partition coefficient (Wildman–Crippen LogP) is 2.47. The molecule has 1 aliphatic heterocycles. The minimum absolute atomic E-state index is 0.0220. The number of ether oxygens (including phenoxy) is 2. The fraction of sp³-hybridized carbons (Fsp3) is 0.423. The summed E-state index contributed by atoms with van der Waals surface area (Å²) in [6, 6.07) is 13.8. The summed E-state index contributed by atoms with van der Waals surface area (Å²) in [6.45, 7) is 1.79. The van der Waals surface area contributed by atoms with Gasteiger partial charge in [-0.2, -0.15) is 11.8 Å². The predicted molar refractivity (Wildman–Crippen MR) is 137 cm³/mol. The summed E-state index contributed by atoms with van der Waals surface area (Å²) in [5.74, 6) is 1.48. The Morgan fingerprint density at radius 1 is 0.971 bits per heavy atom. The number of nitrogens with zero attached hydrogens (tertiary/aromatic N) is 2. The lowest BCUT2D eigenvalue weighted by Crippen LogP contribution is -2.56. The molecule has 0 radical (unpaired) electrons. The van der Waals surface area contributed by atoms with Gasteiger partial charge in [0, 0.05) is 26.2 Å². The number of hydrogen-bond acceptors (Lipinski definition) is 6. The third-order valence-corrected chi connectivity index (χ3v) is 6.64. The minimum atomic E-state index is -0.640. The van der Waals surface area contributed by atoms with Crippen LogP contribution in [0.3, 0.4) is 0 Å². The molecule has 1 heterocycles. The number of piperazine rings is 1. The summed E-state index contributed by atoms with van der Waals surface area (Å²) in [4.78, 5) is 42.5. The zero-order valence-corrected chi connectivity index (χ0v) is 21.3. The second kappa shape index (κ2) is 13.0. The Morgan fingerprint density at radius 2 is 1.69 bits per heavy atom. The molecule has 0 spiro atoms. The van der Waals surface area contributed by atoms with Gasteiger partial charge in [0.2, 0.25) is 11.8 Å². The molecular weight excluding hydrogens is 466 g/mol. The van der Waals surface area contributed by atoms with Gasteiger partial charge in [0.1, 0.15) is 17.5 Å². The highest BCUT2D eigenvalue weighted by atomic mass is 32.2. The summed E-state index contributed by atoms with van der Waals surface area (Å²) in [5, 5.41) is 2.90. The van der Waals surface area contributed by atoms with E-state index < -0.39 is 6.04 Å². The van der Waals surface area contributed by atoms with Crippen LogP contribution in [0.4, 0.5) is 0 Å². The molecule has 3 rings (SSSR count). The van der Waals surface area contributed by atoms with Gasteiger partial charge in [0.05, 0.1) is 26.2 Å². The first-order valence-electron chi connectivity index (χ1n) is 11.6. The van der Waals surface area contributed by atoms with E-state index >= 15 is 0 Å². The monoisotopic (exact) mass is 499 g/mol. The van der Waals surface area contributed by atoms with Crippen LogP contribution in [0, 0.1) is 0 Å². The molecule has 1 N–H and O–H groups in total. The molecule has 1 fully saturated rings. The Labute approximate surface area is 210 Å². The van der Waals surface area contributed by atoms with Gasteiger partial charge in [-0.05, 0) is 48.3 Å².